The lowest BCUT2D eigenvalue weighted by atomic mass is 9.88. The van der Waals surface area contributed by atoms with Crippen LogP contribution >= 0.6 is 0 Å². The number of carboxylic acid groups (broad SMARTS) is 1. The second kappa shape index (κ2) is 4.12. The summed E-state index contributed by atoms with van der Waals surface area (Å²) >= 11 is 0. The standard InChI is InChI=1S/C12H21NO2/c1-8(10-5-6-10)13-7-3-4-11(9(13)2)12(14)15/h8-11H,3-7H2,1-2H3,(H,14,15). The summed E-state index contributed by atoms with van der Waals surface area (Å²) in [4.78, 5) is 13.5. The number of likely N-dealkylation sites (tertiary alicyclic amines) is 1. The number of hydrogen-bond acceptors (Lipinski definition) is 2. The number of hydrogen-bond donors (Lipinski definition) is 1. The maximum absolute atomic E-state index is 11.1. The van der Waals surface area contributed by atoms with Gasteiger partial charge in [0.25, 0.3) is 0 Å². The van der Waals surface area contributed by atoms with E-state index in [0.717, 1.165) is 25.3 Å². The van der Waals surface area contributed by atoms with Gasteiger partial charge in [0.1, 0.15) is 0 Å². The van der Waals surface area contributed by atoms with Crippen LogP contribution in [0.15, 0.2) is 0 Å². The van der Waals surface area contributed by atoms with Gasteiger partial charge < -0.3 is 5.11 Å². The quantitative estimate of drug-likeness (QED) is 0.776. The van der Waals surface area contributed by atoms with Crippen LogP contribution in [-0.4, -0.2) is 34.6 Å². The second-order valence-corrected chi connectivity index (χ2v) is 5.14. The Hall–Kier alpha value is -0.570. The molecule has 1 N–H and O–H groups in total. The van der Waals surface area contributed by atoms with E-state index >= 15 is 0 Å². The average Bonchev–Trinajstić information content (AvgIpc) is 3.00. The number of carboxylic acids is 1. The van der Waals surface area contributed by atoms with Crippen molar-refractivity contribution in [2.24, 2.45) is 11.8 Å². The minimum Gasteiger partial charge on any atom is -0.481 e. The summed E-state index contributed by atoms with van der Waals surface area (Å²) in [5.74, 6) is 0.0649. The Kier molecular flexibility index (Phi) is 3.01. The third kappa shape index (κ3) is 2.17. The Labute approximate surface area is 91.5 Å². The van der Waals surface area contributed by atoms with Crippen LogP contribution in [0.2, 0.25) is 0 Å². The van der Waals surface area contributed by atoms with Gasteiger partial charge in [-0.05, 0) is 52.0 Å². The Morgan fingerprint density at radius 3 is 2.60 bits per heavy atom. The predicted octanol–water partition coefficient (Wildman–Crippen LogP) is 1.97. The molecule has 0 aromatic rings. The number of rotatable bonds is 3. The molecular formula is C12H21NO2. The van der Waals surface area contributed by atoms with E-state index in [1.54, 1.807) is 0 Å². The highest BCUT2D eigenvalue weighted by Gasteiger charge is 2.39. The van der Waals surface area contributed by atoms with E-state index < -0.39 is 5.97 Å². The van der Waals surface area contributed by atoms with Crippen molar-refractivity contribution >= 4 is 5.97 Å². The number of carbonyl (C=O) groups is 1. The molecule has 0 spiro atoms. The molecule has 3 heteroatoms. The van der Waals surface area contributed by atoms with Gasteiger partial charge in [-0.3, -0.25) is 9.69 Å². The molecule has 3 atom stereocenters. The fraction of sp³-hybridized carbons (Fsp3) is 0.917. The first-order valence-electron chi connectivity index (χ1n) is 6.10. The van der Waals surface area contributed by atoms with Crippen molar-refractivity contribution < 1.29 is 9.90 Å². The molecule has 0 aromatic carbocycles. The van der Waals surface area contributed by atoms with Gasteiger partial charge in [0.15, 0.2) is 0 Å². The normalized spacial score (nSPS) is 35.1. The molecule has 15 heavy (non-hydrogen) atoms. The Morgan fingerprint density at radius 2 is 2.07 bits per heavy atom. The van der Waals surface area contributed by atoms with E-state index in [9.17, 15) is 4.79 Å². The number of aliphatic carboxylic acids is 1. The first kappa shape index (κ1) is 10.9. The Bertz CT molecular complexity index is 250. The van der Waals surface area contributed by atoms with Gasteiger partial charge in [-0.1, -0.05) is 0 Å². The zero-order valence-electron chi connectivity index (χ0n) is 9.65. The minimum absolute atomic E-state index is 0.153. The molecule has 3 nitrogen and oxygen atoms in total. The van der Waals surface area contributed by atoms with Gasteiger partial charge in [0.05, 0.1) is 5.92 Å². The number of piperidine rings is 1. The first-order valence-corrected chi connectivity index (χ1v) is 6.10. The molecule has 0 amide bonds. The van der Waals surface area contributed by atoms with Crippen molar-refractivity contribution in [3.63, 3.8) is 0 Å². The lowest BCUT2D eigenvalue weighted by molar-refractivity contribution is -0.146. The van der Waals surface area contributed by atoms with E-state index in [4.69, 9.17) is 5.11 Å². The van der Waals surface area contributed by atoms with E-state index in [1.807, 2.05) is 0 Å². The highest BCUT2D eigenvalue weighted by Crippen LogP contribution is 2.38. The molecule has 0 bridgehead atoms. The molecule has 1 aliphatic heterocycles. The summed E-state index contributed by atoms with van der Waals surface area (Å²) < 4.78 is 0. The summed E-state index contributed by atoms with van der Waals surface area (Å²) in [6, 6.07) is 0.800. The van der Waals surface area contributed by atoms with Gasteiger partial charge >= 0.3 is 5.97 Å². The first-order chi connectivity index (χ1) is 7.11. The van der Waals surface area contributed by atoms with Crippen molar-refractivity contribution in [2.75, 3.05) is 6.54 Å². The van der Waals surface area contributed by atoms with Gasteiger partial charge in [-0.2, -0.15) is 0 Å². The molecule has 0 radical (unpaired) electrons. The third-order valence-corrected chi connectivity index (χ3v) is 4.18. The molecule has 2 aliphatic rings. The fourth-order valence-electron chi connectivity index (χ4n) is 2.92. The van der Waals surface area contributed by atoms with Crippen molar-refractivity contribution in [2.45, 2.75) is 51.6 Å². The van der Waals surface area contributed by atoms with E-state index in [2.05, 4.69) is 18.7 Å². The van der Waals surface area contributed by atoms with Gasteiger partial charge in [-0.15, -0.1) is 0 Å². The lowest BCUT2D eigenvalue weighted by Gasteiger charge is -2.41. The molecule has 3 unspecified atom stereocenters. The molecule has 1 heterocycles. The monoisotopic (exact) mass is 211 g/mol. The average molecular weight is 211 g/mol. The SMILES string of the molecule is CC(C1CC1)N1CCCC(C(=O)O)C1C. The fourth-order valence-corrected chi connectivity index (χ4v) is 2.92. The third-order valence-electron chi connectivity index (χ3n) is 4.18. The van der Waals surface area contributed by atoms with Crippen LogP contribution in [0, 0.1) is 11.8 Å². The molecule has 0 aromatic heterocycles. The zero-order valence-corrected chi connectivity index (χ0v) is 9.65. The lowest BCUT2D eigenvalue weighted by Crippen LogP contribution is -2.50. The smallest absolute Gasteiger partial charge is 0.308 e. The van der Waals surface area contributed by atoms with Crippen molar-refractivity contribution in [1.82, 2.24) is 4.90 Å². The molecular weight excluding hydrogens is 190 g/mol. The maximum atomic E-state index is 11.1. The molecule has 2 rings (SSSR count). The van der Waals surface area contributed by atoms with Crippen LogP contribution in [0.5, 0.6) is 0 Å². The topological polar surface area (TPSA) is 40.5 Å². The van der Waals surface area contributed by atoms with Crippen molar-refractivity contribution in [3.8, 4) is 0 Å². The predicted molar refractivity (Wildman–Crippen MR) is 58.7 cm³/mol. The Balaban J connectivity index is 2.01. The summed E-state index contributed by atoms with van der Waals surface area (Å²) in [5.41, 5.74) is 0. The molecule has 2 fully saturated rings. The summed E-state index contributed by atoms with van der Waals surface area (Å²) in [6.07, 6.45) is 4.56. The van der Waals surface area contributed by atoms with Crippen LogP contribution in [0.25, 0.3) is 0 Å². The van der Waals surface area contributed by atoms with E-state index in [1.165, 1.54) is 12.8 Å². The van der Waals surface area contributed by atoms with Crippen LogP contribution in [0.3, 0.4) is 0 Å². The summed E-state index contributed by atoms with van der Waals surface area (Å²) in [7, 11) is 0. The maximum Gasteiger partial charge on any atom is 0.308 e. The van der Waals surface area contributed by atoms with Gasteiger partial charge in [0.2, 0.25) is 0 Å². The van der Waals surface area contributed by atoms with Gasteiger partial charge in [-0.25, -0.2) is 0 Å². The van der Waals surface area contributed by atoms with E-state index in [0.29, 0.717) is 6.04 Å². The highest BCUT2D eigenvalue weighted by atomic mass is 16.4. The Morgan fingerprint density at radius 1 is 1.40 bits per heavy atom. The van der Waals surface area contributed by atoms with E-state index in [-0.39, 0.29) is 12.0 Å². The van der Waals surface area contributed by atoms with Crippen LogP contribution < -0.4 is 0 Å². The van der Waals surface area contributed by atoms with Crippen molar-refractivity contribution in [3.05, 3.63) is 0 Å². The van der Waals surface area contributed by atoms with Crippen LogP contribution in [0.1, 0.15) is 39.5 Å². The largest absolute Gasteiger partial charge is 0.481 e. The second-order valence-electron chi connectivity index (χ2n) is 5.14. The summed E-state index contributed by atoms with van der Waals surface area (Å²) in [5, 5.41) is 9.14. The van der Waals surface area contributed by atoms with Crippen molar-refractivity contribution in [1.29, 1.82) is 0 Å². The van der Waals surface area contributed by atoms with Crippen LogP contribution in [-0.2, 0) is 4.79 Å². The molecule has 1 aliphatic carbocycles. The minimum atomic E-state index is -0.616. The summed E-state index contributed by atoms with van der Waals surface area (Å²) in [6.45, 7) is 5.43. The van der Waals surface area contributed by atoms with Gasteiger partial charge in [0, 0.05) is 12.1 Å². The molecule has 1 saturated heterocycles. The highest BCUT2D eigenvalue weighted by molar-refractivity contribution is 5.71. The molecule has 1 saturated carbocycles. The van der Waals surface area contributed by atoms with Crippen LogP contribution in [0.4, 0.5) is 0 Å². The zero-order chi connectivity index (χ0) is 11.0. The molecule has 86 valence electrons. The number of nitrogens with zero attached hydrogens (tertiary/aromatic N) is 1.